The van der Waals surface area contributed by atoms with Crippen molar-refractivity contribution in [2.75, 3.05) is 13.7 Å². The molecular formula is C16H17N3O2S2. The van der Waals surface area contributed by atoms with E-state index in [1.165, 1.54) is 11.8 Å². The molecular weight excluding hydrogens is 330 g/mol. The fourth-order valence-corrected chi connectivity index (χ4v) is 4.12. The molecule has 0 aliphatic rings. The van der Waals surface area contributed by atoms with E-state index in [2.05, 4.69) is 9.97 Å². The molecule has 0 N–H and O–H groups in total. The van der Waals surface area contributed by atoms with Gasteiger partial charge in [-0.1, -0.05) is 23.9 Å². The van der Waals surface area contributed by atoms with Gasteiger partial charge in [-0.2, -0.15) is 0 Å². The molecule has 0 saturated carbocycles. The van der Waals surface area contributed by atoms with Crippen LogP contribution in [0.25, 0.3) is 10.9 Å². The van der Waals surface area contributed by atoms with Gasteiger partial charge in [0.25, 0.3) is 5.56 Å². The number of fused-ring (bicyclic) bond motifs is 1. The molecule has 120 valence electrons. The largest absolute Gasteiger partial charge is 0.383 e. The van der Waals surface area contributed by atoms with Crippen molar-refractivity contribution in [1.82, 2.24) is 14.5 Å². The van der Waals surface area contributed by atoms with Crippen LogP contribution in [0.1, 0.15) is 18.0 Å². The smallest absolute Gasteiger partial charge is 0.262 e. The van der Waals surface area contributed by atoms with Crippen molar-refractivity contribution < 1.29 is 4.74 Å². The summed E-state index contributed by atoms with van der Waals surface area (Å²) in [5, 5.41) is 4.30. The van der Waals surface area contributed by atoms with E-state index in [4.69, 9.17) is 4.74 Å². The summed E-state index contributed by atoms with van der Waals surface area (Å²) in [7, 11) is 1.64. The molecule has 0 radical (unpaired) electrons. The van der Waals surface area contributed by atoms with Crippen LogP contribution in [0.15, 0.2) is 45.8 Å². The zero-order valence-electron chi connectivity index (χ0n) is 12.9. The van der Waals surface area contributed by atoms with Gasteiger partial charge in [0.15, 0.2) is 5.16 Å². The molecule has 1 aromatic carbocycles. The minimum absolute atomic E-state index is 0.0261. The monoisotopic (exact) mass is 347 g/mol. The standard InChI is InChI=1S/C16H17N3O2S2/c1-11(9-21-2)19-15(20)12-5-3-4-6-13(12)18-16(19)23-10-14-17-7-8-22-14/h3-8,11H,9-10H2,1-2H3/t11-/m0/s1. The van der Waals surface area contributed by atoms with Crippen LogP contribution in [-0.2, 0) is 10.5 Å². The van der Waals surface area contributed by atoms with E-state index < -0.39 is 0 Å². The fraction of sp³-hybridized carbons (Fsp3) is 0.312. The van der Waals surface area contributed by atoms with Crippen LogP contribution in [0.5, 0.6) is 0 Å². The molecule has 0 aliphatic carbocycles. The molecule has 0 spiro atoms. The lowest BCUT2D eigenvalue weighted by Gasteiger charge is -2.18. The van der Waals surface area contributed by atoms with Crippen LogP contribution < -0.4 is 5.56 Å². The molecule has 0 fully saturated rings. The van der Waals surface area contributed by atoms with Crippen LogP contribution in [0.4, 0.5) is 0 Å². The average Bonchev–Trinajstić information content (AvgIpc) is 3.06. The van der Waals surface area contributed by atoms with Crippen LogP contribution in [0, 0.1) is 0 Å². The third-order valence-electron chi connectivity index (χ3n) is 3.43. The quantitative estimate of drug-likeness (QED) is 0.505. The highest BCUT2D eigenvalue weighted by atomic mass is 32.2. The summed E-state index contributed by atoms with van der Waals surface area (Å²) in [5.74, 6) is 0.697. The zero-order valence-corrected chi connectivity index (χ0v) is 14.6. The van der Waals surface area contributed by atoms with E-state index in [0.717, 1.165) is 10.5 Å². The average molecular weight is 347 g/mol. The number of hydrogen-bond acceptors (Lipinski definition) is 6. The van der Waals surface area contributed by atoms with Crippen molar-refractivity contribution in [1.29, 1.82) is 0 Å². The molecule has 2 heterocycles. The third kappa shape index (κ3) is 3.46. The van der Waals surface area contributed by atoms with Gasteiger partial charge in [-0.15, -0.1) is 11.3 Å². The number of thiazole rings is 1. The topological polar surface area (TPSA) is 57.0 Å². The molecule has 5 nitrogen and oxygen atoms in total. The fourth-order valence-electron chi connectivity index (χ4n) is 2.38. The molecule has 0 bridgehead atoms. The Morgan fingerprint density at radius 3 is 2.96 bits per heavy atom. The van der Waals surface area contributed by atoms with Gasteiger partial charge in [-0.05, 0) is 19.1 Å². The summed E-state index contributed by atoms with van der Waals surface area (Å²) in [6, 6.07) is 7.36. The summed E-state index contributed by atoms with van der Waals surface area (Å²) >= 11 is 3.13. The molecule has 2 aromatic heterocycles. The number of thioether (sulfide) groups is 1. The van der Waals surface area contributed by atoms with Gasteiger partial charge >= 0.3 is 0 Å². The molecule has 3 aromatic rings. The van der Waals surface area contributed by atoms with Gasteiger partial charge in [0.1, 0.15) is 5.01 Å². The number of methoxy groups -OCH3 is 1. The predicted molar refractivity (Wildman–Crippen MR) is 94.3 cm³/mol. The second-order valence-electron chi connectivity index (χ2n) is 5.11. The number of benzene rings is 1. The highest BCUT2D eigenvalue weighted by Crippen LogP contribution is 2.25. The molecule has 23 heavy (non-hydrogen) atoms. The molecule has 0 saturated heterocycles. The number of ether oxygens (including phenoxy) is 1. The number of rotatable bonds is 6. The lowest BCUT2D eigenvalue weighted by molar-refractivity contribution is 0.156. The van der Waals surface area contributed by atoms with E-state index in [-0.39, 0.29) is 11.6 Å². The van der Waals surface area contributed by atoms with E-state index in [1.54, 1.807) is 29.2 Å². The summed E-state index contributed by atoms with van der Waals surface area (Å²) in [5.41, 5.74) is 0.696. The Balaban J connectivity index is 2.05. The number of nitrogens with zero attached hydrogens (tertiary/aromatic N) is 3. The number of hydrogen-bond donors (Lipinski definition) is 0. The summed E-state index contributed by atoms with van der Waals surface area (Å²) < 4.78 is 6.95. The van der Waals surface area contributed by atoms with Crippen LogP contribution >= 0.6 is 23.1 Å². The second-order valence-corrected chi connectivity index (χ2v) is 7.03. The first-order chi connectivity index (χ1) is 11.2. The first-order valence-corrected chi connectivity index (χ1v) is 9.08. The minimum Gasteiger partial charge on any atom is -0.383 e. The van der Waals surface area contributed by atoms with Crippen LogP contribution in [0.2, 0.25) is 0 Å². The van der Waals surface area contributed by atoms with Gasteiger partial charge in [-0.25, -0.2) is 9.97 Å². The van der Waals surface area contributed by atoms with Gasteiger partial charge in [0.05, 0.1) is 29.3 Å². The Morgan fingerprint density at radius 2 is 2.22 bits per heavy atom. The number of para-hydroxylation sites is 1. The first-order valence-electron chi connectivity index (χ1n) is 7.22. The van der Waals surface area contributed by atoms with Gasteiger partial charge in [0.2, 0.25) is 0 Å². The highest BCUT2D eigenvalue weighted by Gasteiger charge is 2.16. The Hall–Kier alpha value is -1.70. The van der Waals surface area contributed by atoms with Crippen molar-refractivity contribution in [3.63, 3.8) is 0 Å². The molecule has 0 amide bonds. The van der Waals surface area contributed by atoms with E-state index >= 15 is 0 Å². The number of aromatic nitrogens is 3. The van der Waals surface area contributed by atoms with Crippen molar-refractivity contribution in [2.24, 2.45) is 0 Å². The second kappa shape index (κ2) is 7.25. The van der Waals surface area contributed by atoms with Crippen molar-refractivity contribution in [2.45, 2.75) is 23.9 Å². The maximum absolute atomic E-state index is 12.9. The minimum atomic E-state index is -0.0802. The Morgan fingerprint density at radius 1 is 1.39 bits per heavy atom. The summed E-state index contributed by atoms with van der Waals surface area (Å²) in [4.78, 5) is 21.8. The molecule has 0 unspecified atom stereocenters. The van der Waals surface area contributed by atoms with Crippen molar-refractivity contribution in [3.05, 3.63) is 51.2 Å². The van der Waals surface area contributed by atoms with Gasteiger partial charge in [0, 0.05) is 18.7 Å². The van der Waals surface area contributed by atoms with Crippen molar-refractivity contribution in [3.8, 4) is 0 Å². The predicted octanol–water partition coefficient (Wildman–Crippen LogP) is 3.35. The van der Waals surface area contributed by atoms with Crippen LogP contribution in [-0.4, -0.2) is 28.3 Å². The maximum atomic E-state index is 12.9. The van der Waals surface area contributed by atoms with Crippen molar-refractivity contribution >= 4 is 34.0 Å². The lowest BCUT2D eigenvalue weighted by Crippen LogP contribution is -2.28. The molecule has 7 heteroatoms. The third-order valence-corrected chi connectivity index (χ3v) is 5.36. The SMILES string of the molecule is COC[C@H](C)n1c(SCc2nccs2)nc2ccccc2c1=O. The van der Waals surface area contributed by atoms with Gasteiger partial charge < -0.3 is 4.74 Å². The van der Waals surface area contributed by atoms with Crippen LogP contribution in [0.3, 0.4) is 0 Å². The highest BCUT2D eigenvalue weighted by molar-refractivity contribution is 7.98. The Bertz CT molecular complexity index is 846. The summed E-state index contributed by atoms with van der Waals surface area (Å²) in [6.07, 6.45) is 1.79. The lowest BCUT2D eigenvalue weighted by atomic mass is 10.2. The molecule has 1 atom stereocenters. The Kier molecular flexibility index (Phi) is 5.09. The summed E-state index contributed by atoms with van der Waals surface area (Å²) in [6.45, 7) is 2.43. The maximum Gasteiger partial charge on any atom is 0.262 e. The van der Waals surface area contributed by atoms with E-state index in [9.17, 15) is 4.79 Å². The van der Waals surface area contributed by atoms with E-state index in [1.807, 2.05) is 36.6 Å². The molecule has 0 aliphatic heterocycles. The van der Waals surface area contributed by atoms with Gasteiger partial charge in [-0.3, -0.25) is 9.36 Å². The zero-order chi connectivity index (χ0) is 16.2. The normalized spacial score (nSPS) is 12.6. The first kappa shape index (κ1) is 16.2. The Labute approximate surface area is 142 Å². The molecule has 3 rings (SSSR count). The van der Waals surface area contributed by atoms with E-state index in [0.29, 0.717) is 22.9 Å².